The minimum atomic E-state index is -3.42. The van der Waals surface area contributed by atoms with Crippen molar-refractivity contribution >= 4 is 10.0 Å². The molecule has 0 spiro atoms. The molecule has 0 aromatic heterocycles. The first-order chi connectivity index (χ1) is 10.5. The van der Waals surface area contributed by atoms with Crippen LogP contribution >= 0.6 is 0 Å². The zero-order chi connectivity index (χ0) is 16.0. The van der Waals surface area contributed by atoms with Crippen LogP contribution in [0.25, 0.3) is 0 Å². The summed E-state index contributed by atoms with van der Waals surface area (Å²) in [6.07, 6.45) is 0. The van der Waals surface area contributed by atoms with Gasteiger partial charge < -0.3 is 5.32 Å². The molecule has 0 atom stereocenters. The monoisotopic (exact) mass is 318 g/mol. The highest BCUT2D eigenvalue weighted by Gasteiger charge is 2.12. The van der Waals surface area contributed by atoms with E-state index < -0.39 is 10.0 Å². The normalized spacial score (nSPS) is 11.5. The van der Waals surface area contributed by atoms with Gasteiger partial charge in [-0.05, 0) is 31.5 Å². The van der Waals surface area contributed by atoms with Crippen LogP contribution in [-0.4, -0.2) is 21.5 Å². The van der Waals surface area contributed by atoms with Gasteiger partial charge in [-0.15, -0.1) is 0 Å². The summed E-state index contributed by atoms with van der Waals surface area (Å²) in [4.78, 5) is 0.303. The highest BCUT2D eigenvalue weighted by molar-refractivity contribution is 7.89. The Balaban J connectivity index is 1.77. The molecule has 0 unspecified atom stereocenters. The van der Waals surface area contributed by atoms with E-state index in [0.717, 1.165) is 12.1 Å². The van der Waals surface area contributed by atoms with Gasteiger partial charge >= 0.3 is 0 Å². The summed E-state index contributed by atoms with van der Waals surface area (Å²) in [6, 6.07) is 15.1. The van der Waals surface area contributed by atoms with Crippen molar-refractivity contribution < 1.29 is 8.42 Å². The standard InChI is InChI=1S/C17H22N2O2S/c1-14-6-8-17(9-7-14)22(20,21)19-11-10-18-13-16-5-3-4-15(2)12-16/h3-9,12,18-19H,10-11,13H2,1-2H3. The summed E-state index contributed by atoms with van der Waals surface area (Å²) in [5, 5.41) is 3.24. The van der Waals surface area contributed by atoms with Gasteiger partial charge in [-0.25, -0.2) is 13.1 Å². The van der Waals surface area contributed by atoms with Crippen molar-refractivity contribution in [2.45, 2.75) is 25.3 Å². The molecule has 0 aliphatic carbocycles. The molecule has 0 radical (unpaired) electrons. The molecule has 0 saturated heterocycles. The van der Waals surface area contributed by atoms with Crippen LogP contribution in [0.1, 0.15) is 16.7 Å². The smallest absolute Gasteiger partial charge is 0.240 e. The van der Waals surface area contributed by atoms with Crippen molar-refractivity contribution in [1.82, 2.24) is 10.0 Å². The summed E-state index contributed by atoms with van der Waals surface area (Å²) in [5.41, 5.74) is 3.46. The third kappa shape index (κ3) is 4.94. The molecule has 4 nitrogen and oxygen atoms in total. The largest absolute Gasteiger partial charge is 0.311 e. The van der Waals surface area contributed by atoms with Crippen LogP contribution in [0.5, 0.6) is 0 Å². The lowest BCUT2D eigenvalue weighted by Crippen LogP contribution is -2.31. The Kier molecular flexibility index (Phi) is 5.71. The first-order valence-electron chi connectivity index (χ1n) is 7.30. The third-order valence-corrected chi connectivity index (χ3v) is 4.81. The Bertz CT molecular complexity index is 710. The van der Waals surface area contributed by atoms with Crippen molar-refractivity contribution in [1.29, 1.82) is 0 Å². The summed E-state index contributed by atoms with van der Waals surface area (Å²) >= 11 is 0. The maximum absolute atomic E-state index is 12.1. The number of hydrogen-bond donors (Lipinski definition) is 2. The number of benzene rings is 2. The molecular weight excluding hydrogens is 296 g/mol. The van der Waals surface area contributed by atoms with Gasteiger partial charge in [-0.3, -0.25) is 0 Å². The lowest BCUT2D eigenvalue weighted by molar-refractivity contribution is 0.576. The molecule has 0 bridgehead atoms. The lowest BCUT2D eigenvalue weighted by atomic mass is 10.1. The predicted octanol–water partition coefficient (Wildman–Crippen LogP) is 2.37. The van der Waals surface area contributed by atoms with E-state index in [0.29, 0.717) is 18.0 Å². The second-order valence-electron chi connectivity index (χ2n) is 5.38. The predicted molar refractivity (Wildman–Crippen MR) is 89.3 cm³/mol. The van der Waals surface area contributed by atoms with Gasteiger partial charge in [0.2, 0.25) is 10.0 Å². The van der Waals surface area contributed by atoms with Crippen LogP contribution in [0.4, 0.5) is 0 Å². The molecule has 2 N–H and O–H groups in total. The summed E-state index contributed by atoms with van der Waals surface area (Å²) in [5.74, 6) is 0. The third-order valence-electron chi connectivity index (χ3n) is 3.34. The first kappa shape index (κ1) is 16.7. The number of sulfonamides is 1. The van der Waals surface area contributed by atoms with E-state index in [1.807, 2.05) is 13.0 Å². The van der Waals surface area contributed by atoms with Crippen LogP contribution < -0.4 is 10.0 Å². The molecule has 0 heterocycles. The van der Waals surface area contributed by atoms with Gasteiger partial charge in [-0.2, -0.15) is 0 Å². The molecule has 22 heavy (non-hydrogen) atoms. The first-order valence-corrected chi connectivity index (χ1v) is 8.78. The summed E-state index contributed by atoms with van der Waals surface area (Å²) in [6.45, 7) is 5.66. The number of hydrogen-bond acceptors (Lipinski definition) is 3. The Morgan fingerprint density at radius 1 is 0.909 bits per heavy atom. The fourth-order valence-electron chi connectivity index (χ4n) is 2.13. The zero-order valence-electron chi connectivity index (χ0n) is 13.0. The fraction of sp³-hybridized carbons (Fsp3) is 0.294. The second kappa shape index (κ2) is 7.54. The Morgan fingerprint density at radius 3 is 2.32 bits per heavy atom. The van der Waals surface area contributed by atoms with Crippen molar-refractivity contribution in [2.24, 2.45) is 0 Å². The molecule has 2 rings (SSSR count). The van der Waals surface area contributed by atoms with E-state index in [4.69, 9.17) is 0 Å². The van der Waals surface area contributed by atoms with Gasteiger partial charge in [0, 0.05) is 19.6 Å². The Labute approximate surface area is 132 Å². The number of aryl methyl sites for hydroxylation is 2. The maximum Gasteiger partial charge on any atom is 0.240 e. The summed E-state index contributed by atoms with van der Waals surface area (Å²) in [7, 11) is -3.42. The minimum absolute atomic E-state index is 0.303. The quantitative estimate of drug-likeness (QED) is 0.771. The van der Waals surface area contributed by atoms with Crippen LogP contribution in [0.3, 0.4) is 0 Å². The van der Waals surface area contributed by atoms with E-state index in [2.05, 4.69) is 35.2 Å². The molecule has 0 fully saturated rings. The minimum Gasteiger partial charge on any atom is -0.311 e. The number of nitrogens with one attached hydrogen (secondary N) is 2. The molecule has 0 saturated carbocycles. The SMILES string of the molecule is Cc1ccc(S(=O)(=O)NCCNCc2cccc(C)c2)cc1. The van der Waals surface area contributed by atoms with Crippen molar-refractivity contribution in [3.05, 3.63) is 65.2 Å². The molecule has 2 aromatic carbocycles. The van der Waals surface area contributed by atoms with E-state index in [1.54, 1.807) is 24.3 Å². The van der Waals surface area contributed by atoms with Crippen molar-refractivity contribution in [3.8, 4) is 0 Å². The van der Waals surface area contributed by atoms with E-state index >= 15 is 0 Å². The average Bonchev–Trinajstić information content (AvgIpc) is 2.47. The van der Waals surface area contributed by atoms with Crippen LogP contribution in [-0.2, 0) is 16.6 Å². The molecular formula is C17H22N2O2S. The summed E-state index contributed by atoms with van der Waals surface area (Å²) < 4.78 is 26.8. The lowest BCUT2D eigenvalue weighted by Gasteiger charge is -2.08. The van der Waals surface area contributed by atoms with Crippen molar-refractivity contribution in [2.75, 3.05) is 13.1 Å². The van der Waals surface area contributed by atoms with Crippen LogP contribution in [0.2, 0.25) is 0 Å². The highest BCUT2D eigenvalue weighted by atomic mass is 32.2. The zero-order valence-corrected chi connectivity index (χ0v) is 13.8. The van der Waals surface area contributed by atoms with Crippen molar-refractivity contribution in [3.63, 3.8) is 0 Å². The Morgan fingerprint density at radius 2 is 1.64 bits per heavy atom. The highest BCUT2D eigenvalue weighted by Crippen LogP contribution is 2.09. The van der Waals surface area contributed by atoms with Gasteiger partial charge in [0.05, 0.1) is 4.90 Å². The van der Waals surface area contributed by atoms with E-state index in [1.165, 1.54) is 11.1 Å². The van der Waals surface area contributed by atoms with Gasteiger partial charge in [0.25, 0.3) is 0 Å². The van der Waals surface area contributed by atoms with E-state index in [9.17, 15) is 8.42 Å². The Hall–Kier alpha value is -1.69. The number of rotatable bonds is 7. The molecule has 0 aliphatic rings. The maximum atomic E-state index is 12.1. The van der Waals surface area contributed by atoms with E-state index in [-0.39, 0.29) is 0 Å². The molecule has 5 heteroatoms. The molecule has 0 amide bonds. The fourth-order valence-corrected chi connectivity index (χ4v) is 3.16. The topological polar surface area (TPSA) is 58.2 Å². The van der Waals surface area contributed by atoms with Gasteiger partial charge in [0.1, 0.15) is 0 Å². The van der Waals surface area contributed by atoms with Gasteiger partial charge in [-0.1, -0.05) is 47.5 Å². The van der Waals surface area contributed by atoms with Crippen LogP contribution in [0, 0.1) is 13.8 Å². The average molecular weight is 318 g/mol. The molecule has 2 aromatic rings. The van der Waals surface area contributed by atoms with Crippen LogP contribution in [0.15, 0.2) is 53.4 Å². The molecule has 118 valence electrons. The second-order valence-corrected chi connectivity index (χ2v) is 7.14. The van der Waals surface area contributed by atoms with Gasteiger partial charge in [0.15, 0.2) is 0 Å². The molecule has 0 aliphatic heterocycles.